The number of carbonyl (C=O) groups is 1. The van der Waals surface area contributed by atoms with Crippen LogP contribution in [-0.4, -0.2) is 30.2 Å². The number of nitrogens with one attached hydrogen (secondary N) is 1. The second-order valence-electron chi connectivity index (χ2n) is 11.5. The minimum absolute atomic E-state index is 0.0503. The van der Waals surface area contributed by atoms with Gasteiger partial charge >= 0.3 is 0 Å². The summed E-state index contributed by atoms with van der Waals surface area (Å²) < 4.78 is 55.8. The highest BCUT2D eigenvalue weighted by molar-refractivity contribution is 7.95. The van der Waals surface area contributed by atoms with Gasteiger partial charge in [0, 0.05) is 29.1 Å². The van der Waals surface area contributed by atoms with Gasteiger partial charge in [-0.2, -0.15) is 0 Å². The number of oxazole rings is 1. The van der Waals surface area contributed by atoms with Crippen molar-refractivity contribution in [2.75, 3.05) is 16.0 Å². The van der Waals surface area contributed by atoms with Crippen LogP contribution in [0.5, 0.6) is 11.5 Å². The fourth-order valence-corrected chi connectivity index (χ4v) is 8.79. The van der Waals surface area contributed by atoms with Crippen molar-refractivity contribution >= 4 is 38.5 Å². The predicted octanol–water partition coefficient (Wildman–Crippen LogP) is 6.65. The summed E-state index contributed by atoms with van der Waals surface area (Å²) in [7, 11) is -4.06. The second-order valence-corrected chi connectivity index (χ2v) is 14.5. The maximum Gasteiger partial charge on any atom is 0.281 e. The average Bonchev–Trinajstić information content (AvgIpc) is 3.52. The number of hydrogen-bond donors (Lipinski definition) is 2. The van der Waals surface area contributed by atoms with Gasteiger partial charge in [0.15, 0.2) is 21.4 Å². The number of hydrogen-bond acceptors (Lipinski definition) is 9. The number of aromatic hydroxyl groups is 1. The first-order chi connectivity index (χ1) is 20.3. The molecule has 224 valence electrons. The number of fused-ring (bicyclic) bond motifs is 1. The van der Waals surface area contributed by atoms with E-state index in [1.807, 2.05) is 31.4 Å². The summed E-state index contributed by atoms with van der Waals surface area (Å²) in [5.74, 6) is -1.16. The minimum atomic E-state index is -4.06. The standard InChI is InChI=1S/C31H30FN3O6S2/c1-17-26(33-18(2)41-17)30(37)35-24-8-5-9-25(36)27(24)34-23-14-31(3,4)16-43(38,39)29(23)28(35)21-11-10-19(13-22(21)32)40-15-20-7-6-12-42-20/h5-13,28,34,36H,14-16H2,1-4H3/t28-/m1/s1. The number of halogens is 1. The molecule has 0 spiro atoms. The Bertz CT molecular complexity index is 1880. The Morgan fingerprint density at radius 2 is 2.02 bits per heavy atom. The number of aryl methyl sites for hydroxylation is 2. The molecule has 1 atom stereocenters. The molecule has 0 fully saturated rings. The topological polar surface area (TPSA) is 122 Å². The third kappa shape index (κ3) is 5.29. The quantitative estimate of drug-likeness (QED) is 0.237. The lowest BCUT2D eigenvalue weighted by atomic mass is 9.88. The third-order valence-corrected chi connectivity index (χ3v) is 10.6. The number of carbonyl (C=O) groups excluding carboxylic acids is 1. The van der Waals surface area contributed by atoms with Crippen molar-refractivity contribution in [3.8, 4) is 11.5 Å². The predicted molar refractivity (Wildman–Crippen MR) is 162 cm³/mol. The monoisotopic (exact) mass is 623 g/mol. The fourth-order valence-electron chi connectivity index (χ4n) is 5.82. The summed E-state index contributed by atoms with van der Waals surface area (Å²) in [6.07, 6.45) is 0.277. The number of sulfone groups is 1. The number of nitrogens with zero attached hydrogens (tertiary/aromatic N) is 2. The zero-order chi connectivity index (χ0) is 30.7. The molecule has 2 aliphatic rings. The van der Waals surface area contributed by atoms with Gasteiger partial charge in [-0.3, -0.25) is 9.69 Å². The van der Waals surface area contributed by atoms with Crippen molar-refractivity contribution in [3.05, 3.63) is 98.1 Å². The Balaban J connectivity index is 1.59. The molecule has 4 aromatic rings. The molecule has 4 heterocycles. The van der Waals surface area contributed by atoms with E-state index >= 15 is 4.39 Å². The van der Waals surface area contributed by atoms with E-state index in [1.165, 1.54) is 40.5 Å². The molecule has 0 saturated carbocycles. The Morgan fingerprint density at radius 1 is 1.23 bits per heavy atom. The Labute approximate surface area is 252 Å². The van der Waals surface area contributed by atoms with Gasteiger partial charge in [-0.05, 0) is 54.5 Å². The van der Waals surface area contributed by atoms with Crippen molar-refractivity contribution in [3.63, 3.8) is 0 Å². The van der Waals surface area contributed by atoms with Crippen LogP contribution in [0.1, 0.15) is 58.9 Å². The van der Waals surface area contributed by atoms with E-state index in [1.54, 1.807) is 26.0 Å². The summed E-state index contributed by atoms with van der Waals surface area (Å²) >= 11 is 1.51. The number of para-hydroxylation sites is 1. The smallest absolute Gasteiger partial charge is 0.281 e. The van der Waals surface area contributed by atoms with Crippen LogP contribution in [0, 0.1) is 25.1 Å². The number of aromatic nitrogens is 1. The molecular weight excluding hydrogens is 593 g/mol. The second kappa shape index (κ2) is 10.5. The molecular formula is C31H30FN3O6S2. The molecule has 0 radical (unpaired) electrons. The summed E-state index contributed by atoms with van der Waals surface area (Å²) in [6, 6.07) is 11.1. The Morgan fingerprint density at radius 3 is 2.70 bits per heavy atom. The van der Waals surface area contributed by atoms with Crippen LogP contribution in [-0.2, 0) is 16.4 Å². The van der Waals surface area contributed by atoms with Crippen molar-refractivity contribution in [1.82, 2.24) is 4.98 Å². The van der Waals surface area contributed by atoms with Crippen molar-refractivity contribution < 1.29 is 31.9 Å². The largest absolute Gasteiger partial charge is 0.506 e. The fraction of sp³-hybridized carbons (Fsp3) is 0.290. The SMILES string of the molecule is Cc1nc(C(=O)N2c3cccc(O)c3NC3=C([C@H]2c2ccc(OCc4cccs4)cc2F)S(=O)(=O)CC(C)(C)C3)c(C)o1. The number of rotatable bonds is 5. The number of benzene rings is 2. The number of phenols is 1. The van der Waals surface area contributed by atoms with Gasteiger partial charge < -0.3 is 19.6 Å². The molecule has 0 saturated heterocycles. The first-order valence-electron chi connectivity index (χ1n) is 13.6. The van der Waals surface area contributed by atoms with Crippen LogP contribution in [0.2, 0.25) is 0 Å². The van der Waals surface area contributed by atoms with E-state index < -0.39 is 33.0 Å². The lowest BCUT2D eigenvalue weighted by Gasteiger charge is -2.37. The number of ether oxygens (including phenoxy) is 1. The van der Waals surface area contributed by atoms with Crippen LogP contribution < -0.4 is 15.0 Å². The summed E-state index contributed by atoms with van der Waals surface area (Å²) in [4.78, 5) is 20.7. The molecule has 2 aromatic carbocycles. The van der Waals surface area contributed by atoms with E-state index in [0.29, 0.717) is 0 Å². The zero-order valence-corrected chi connectivity index (χ0v) is 25.6. The summed E-state index contributed by atoms with van der Waals surface area (Å²) in [5, 5.41) is 16.0. The molecule has 12 heteroatoms. The van der Waals surface area contributed by atoms with Crippen LogP contribution >= 0.6 is 11.3 Å². The molecule has 2 N–H and O–H groups in total. The van der Waals surface area contributed by atoms with Crippen molar-refractivity contribution in [2.24, 2.45) is 5.41 Å². The molecule has 0 aliphatic carbocycles. The molecule has 2 aromatic heterocycles. The normalized spacial score (nSPS) is 18.8. The first-order valence-corrected chi connectivity index (χ1v) is 16.1. The molecule has 6 rings (SSSR count). The third-order valence-electron chi connectivity index (χ3n) is 7.48. The lowest BCUT2D eigenvalue weighted by Crippen LogP contribution is -2.41. The molecule has 43 heavy (non-hydrogen) atoms. The van der Waals surface area contributed by atoms with Crippen LogP contribution in [0.25, 0.3) is 0 Å². The summed E-state index contributed by atoms with van der Waals surface area (Å²) in [5.41, 5.74) is -0.196. The van der Waals surface area contributed by atoms with Crippen molar-refractivity contribution in [2.45, 2.75) is 46.8 Å². The maximum absolute atomic E-state index is 16.2. The Kier molecular flexibility index (Phi) is 7.09. The first kappa shape index (κ1) is 28.9. The van der Waals surface area contributed by atoms with Crippen molar-refractivity contribution in [1.29, 1.82) is 0 Å². The van der Waals surface area contributed by atoms with Gasteiger partial charge in [0.2, 0.25) is 0 Å². The number of amides is 1. The molecule has 9 nitrogen and oxygen atoms in total. The van der Waals surface area contributed by atoms with Crippen LogP contribution in [0.4, 0.5) is 15.8 Å². The highest BCUT2D eigenvalue weighted by atomic mass is 32.2. The van der Waals surface area contributed by atoms with Gasteiger partial charge in [0.25, 0.3) is 5.91 Å². The van der Waals surface area contributed by atoms with E-state index in [0.717, 1.165) is 4.88 Å². The zero-order valence-electron chi connectivity index (χ0n) is 24.0. The maximum atomic E-state index is 16.2. The molecule has 2 aliphatic heterocycles. The number of anilines is 2. The van der Waals surface area contributed by atoms with Gasteiger partial charge in [-0.25, -0.2) is 17.8 Å². The lowest BCUT2D eigenvalue weighted by molar-refractivity contribution is 0.0974. The number of phenolic OH excluding ortho intramolecular Hbond substituents is 1. The molecule has 1 amide bonds. The van der Waals surface area contributed by atoms with Gasteiger partial charge in [-0.1, -0.05) is 26.0 Å². The van der Waals surface area contributed by atoms with Gasteiger partial charge in [-0.15, -0.1) is 11.3 Å². The average molecular weight is 624 g/mol. The van der Waals surface area contributed by atoms with E-state index in [2.05, 4.69) is 10.3 Å². The van der Waals surface area contributed by atoms with Crippen LogP contribution in [0.3, 0.4) is 0 Å². The van der Waals surface area contributed by atoms with Gasteiger partial charge in [0.1, 0.15) is 41.4 Å². The van der Waals surface area contributed by atoms with E-state index in [4.69, 9.17) is 9.15 Å². The van der Waals surface area contributed by atoms with E-state index in [9.17, 15) is 18.3 Å². The minimum Gasteiger partial charge on any atom is -0.506 e. The van der Waals surface area contributed by atoms with Crippen LogP contribution in [0.15, 0.2) is 68.9 Å². The summed E-state index contributed by atoms with van der Waals surface area (Å²) in [6.45, 7) is 7.06. The highest BCUT2D eigenvalue weighted by Crippen LogP contribution is 2.52. The number of thiophene rings is 1. The van der Waals surface area contributed by atoms with Gasteiger partial charge in [0.05, 0.1) is 16.3 Å². The molecule has 0 bridgehead atoms. The van der Waals surface area contributed by atoms with E-state index in [-0.39, 0.29) is 75.2 Å². The highest BCUT2D eigenvalue weighted by Gasteiger charge is 2.48. The number of allylic oxidation sites excluding steroid dienone is 1. The Hall–Kier alpha value is -4.16. The molecule has 0 unspecified atom stereocenters.